The third-order valence-corrected chi connectivity index (χ3v) is 7.10. The van der Waals surface area contributed by atoms with Gasteiger partial charge in [0, 0.05) is 25.2 Å². The molecule has 8 nitrogen and oxygen atoms in total. The average molecular weight is 539 g/mol. The number of nitrogens with zero attached hydrogens (tertiary/aromatic N) is 3. The molecule has 1 saturated heterocycles. The number of hydrogen-bond acceptors (Lipinski definition) is 4. The number of carbonyl (C=O) groups excluding carboxylic acids is 2. The lowest BCUT2D eigenvalue weighted by Crippen LogP contribution is -2.49. The van der Waals surface area contributed by atoms with E-state index in [2.05, 4.69) is 5.32 Å². The molecule has 0 radical (unpaired) electrons. The maximum atomic E-state index is 14.9. The first-order chi connectivity index (χ1) is 18.5. The lowest BCUT2D eigenvalue weighted by atomic mass is 9.94. The first-order valence-corrected chi connectivity index (χ1v) is 12.8. The Hall–Kier alpha value is -4.08. The van der Waals surface area contributed by atoms with Crippen LogP contribution in [-0.2, 0) is 23.2 Å². The molecule has 1 aliphatic rings. The Morgan fingerprint density at radius 1 is 1.08 bits per heavy atom. The quantitative estimate of drug-likeness (QED) is 0.501. The maximum absolute atomic E-state index is 14.9. The van der Waals surface area contributed by atoms with E-state index in [1.165, 1.54) is 26.2 Å². The average Bonchev–Trinajstić information content (AvgIpc) is 3.31. The summed E-state index contributed by atoms with van der Waals surface area (Å²) in [4.78, 5) is 52.3. The largest absolute Gasteiger partial charge is 0.343 e. The topological polar surface area (TPSA) is 93.4 Å². The SMILES string of the molecule is Cc1cn(CC(=O)N2CC(F)CC2C(=O)NC(c2ccccc2)c2ccc(C(C)C)c(F)c2)c(=O)n(C)c1=O. The normalized spacial score (nSPS) is 17.9. The van der Waals surface area contributed by atoms with Gasteiger partial charge in [-0.1, -0.05) is 56.3 Å². The van der Waals surface area contributed by atoms with Crippen LogP contribution in [0.4, 0.5) is 8.78 Å². The van der Waals surface area contributed by atoms with Crippen molar-refractivity contribution >= 4 is 11.8 Å². The fraction of sp³-hybridized carbons (Fsp3) is 0.379. The van der Waals surface area contributed by atoms with E-state index in [1.54, 1.807) is 36.4 Å². The summed E-state index contributed by atoms with van der Waals surface area (Å²) in [6.45, 7) is 4.54. The van der Waals surface area contributed by atoms with Crippen molar-refractivity contribution in [2.24, 2.45) is 7.05 Å². The first kappa shape index (κ1) is 27.9. The number of nitrogens with one attached hydrogen (secondary N) is 1. The van der Waals surface area contributed by atoms with E-state index in [-0.39, 0.29) is 24.4 Å². The van der Waals surface area contributed by atoms with Crippen molar-refractivity contribution in [2.75, 3.05) is 6.54 Å². The summed E-state index contributed by atoms with van der Waals surface area (Å²) in [5.74, 6) is -1.63. The number of amides is 2. The van der Waals surface area contributed by atoms with Crippen molar-refractivity contribution in [3.8, 4) is 0 Å². The Morgan fingerprint density at radius 2 is 1.77 bits per heavy atom. The van der Waals surface area contributed by atoms with E-state index in [9.17, 15) is 28.0 Å². The maximum Gasteiger partial charge on any atom is 0.331 e. The van der Waals surface area contributed by atoms with Crippen molar-refractivity contribution in [3.63, 3.8) is 0 Å². The minimum absolute atomic E-state index is 0.0216. The van der Waals surface area contributed by atoms with Crippen molar-refractivity contribution in [3.05, 3.63) is 104 Å². The molecule has 206 valence electrons. The van der Waals surface area contributed by atoms with Gasteiger partial charge >= 0.3 is 5.69 Å². The molecule has 10 heteroatoms. The Labute approximate surface area is 224 Å². The van der Waals surface area contributed by atoms with Crippen LogP contribution in [0.15, 0.2) is 64.3 Å². The smallest absolute Gasteiger partial charge is 0.331 e. The van der Waals surface area contributed by atoms with Crippen LogP contribution in [-0.4, -0.2) is 44.6 Å². The highest BCUT2D eigenvalue weighted by atomic mass is 19.1. The zero-order chi connectivity index (χ0) is 28.4. The zero-order valence-electron chi connectivity index (χ0n) is 22.4. The Bertz CT molecular complexity index is 1500. The molecule has 3 aromatic rings. The number of aromatic nitrogens is 2. The lowest BCUT2D eigenvalue weighted by Gasteiger charge is -2.27. The fourth-order valence-electron chi connectivity index (χ4n) is 4.98. The lowest BCUT2D eigenvalue weighted by molar-refractivity contribution is -0.139. The van der Waals surface area contributed by atoms with Gasteiger partial charge in [-0.2, -0.15) is 0 Å². The Balaban J connectivity index is 1.61. The van der Waals surface area contributed by atoms with Gasteiger partial charge in [0.2, 0.25) is 11.8 Å². The number of halogens is 2. The molecule has 2 amide bonds. The Kier molecular flexibility index (Phi) is 8.13. The molecule has 1 N–H and O–H groups in total. The summed E-state index contributed by atoms with van der Waals surface area (Å²) in [5.41, 5.74) is 0.862. The summed E-state index contributed by atoms with van der Waals surface area (Å²) >= 11 is 0. The van der Waals surface area contributed by atoms with E-state index >= 15 is 0 Å². The third kappa shape index (κ3) is 5.84. The number of carbonyl (C=O) groups is 2. The fourth-order valence-corrected chi connectivity index (χ4v) is 4.98. The highest BCUT2D eigenvalue weighted by molar-refractivity contribution is 5.89. The molecule has 3 atom stereocenters. The first-order valence-electron chi connectivity index (χ1n) is 12.8. The van der Waals surface area contributed by atoms with Crippen LogP contribution in [0.5, 0.6) is 0 Å². The van der Waals surface area contributed by atoms with Crippen LogP contribution in [0, 0.1) is 12.7 Å². The second kappa shape index (κ2) is 11.3. The second-order valence-corrected chi connectivity index (χ2v) is 10.3. The summed E-state index contributed by atoms with van der Waals surface area (Å²) in [7, 11) is 1.31. The number of alkyl halides is 1. The molecular weight excluding hydrogens is 506 g/mol. The van der Waals surface area contributed by atoms with Gasteiger partial charge in [0.1, 0.15) is 24.6 Å². The molecule has 2 heterocycles. The molecule has 3 unspecified atom stereocenters. The van der Waals surface area contributed by atoms with Crippen LogP contribution in [0.25, 0.3) is 0 Å². The number of hydrogen-bond donors (Lipinski definition) is 1. The zero-order valence-corrected chi connectivity index (χ0v) is 22.4. The molecule has 1 fully saturated rings. The molecule has 0 bridgehead atoms. The summed E-state index contributed by atoms with van der Waals surface area (Å²) in [6, 6.07) is 12.0. The van der Waals surface area contributed by atoms with E-state index in [0.717, 1.165) is 14.0 Å². The number of benzene rings is 2. The van der Waals surface area contributed by atoms with E-state index < -0.39 is 53.7 Å². The molecular formula is C29H32F2N4O4. The van der Waals surface area contributed by atoms with E-state index in [0.29, 0.717) is 16.7 Å². The van der Waals surface area contributed by atoms with Gasteiger partial charge in [-0.05, 0) is 35.6 Å². The minimum Gasteiger partial charge on any atom is -0.343 e. The van der Waals surface area contributed by atoms with Gasteiger partial charge in [0.05, 0.1) is 12.6 Å². The van der Waals surface area contributed by atoms with Gasteiger partial charge < -0.3 is 10.2 Å². The van der Waals surface area contributed by atoms with Gasteiger partial charge in [0.25, 0.3) is 5.56 Å². The number of aryl methyl sites for hydroxylation is 1. The Morgan fingerprint density at radius 3 is 2.41 bits per heavy atom. The van der Waals surface area contributed by atoms with Crippen molar-refractivity contribution in [2.45, 2.75) is 57.9 Å². The summed E-state index contributed by atoms with van der Waals surface area (Å²) in [5, 5.41) is 2.89. The molecule has 1 aromatic heterocycles. The minimum atomic E-state index is -1.43. The van der Waals surface area contributed by atoms with Crippen LogP contribution < -0.4 is 16.6 Å². The number of likely N-dealkylation sites (tertiary alicyclic amines) is 1. The van der Waals surface area contributed by atoms with Crippen LogP contribution >= 0.6 is 0 Å². The van der Waals surface area contributed by atoms with Crippen molar-refractivity contribution in [1.29, 1.82) is 0 Å². The summed E-state index contributed by atoms with van der Waals surface area (Å²) in [6.07, 6.45) is -0.358. The second-order valence-electron chi connectivity index (χ2n) is 10.3. The molecule has 2 aromatic carbocycles. The monoisotopic (exact) mass is 538 g/mol. The van der Waals surface area contributed by atoms with Crippen LogP contribution in [0.3, 0.4) is 0 Å². The molecule has 4 rings (SSSR count). The van der Waals surface area contributed by atoms with E-state index in [1.807, 2.05) is 19.9 Å². The van der Waals surface area contributed by atoms with Crippen LogP contribution in [0.2, 0.25) is 0 Å². The molecule has 1 aliphatic heterocycles. The highest BCUT2D eigenvalue weighted by Gasteiger charge is 2.40. The molecule has 0 saturated carbocycles. The van der Waals surface area contributed by atoms with E-state index in [4.69, 9.17) is 0 Å². The van der Waals surface area contributed by atoms with Crippen molar-refractivity contribution in [1.82, 2.24) is 19.4 Å². The van der Waals surface area contributed by atoms with Gasteiger partial charge in [-0.3, -0.25) is 23.5 Å². The molecule has 0 aliphatic carbocycles. The van der Waals surface area contributed by atoms with Gasteiger partial charge in [-0.25, -0.2) is 13.6 Å². The third-order valence-electron chi connectivity index (χ3n) is 7.10. The summed E-state index contributed by atoms with van der Waals surface area (Å²) < 4.78 is 31.4. The predicted octanol–water partition coefficient (Wildman–Crippen LogP) is 2.96. The highest BCUT2D eigenvalue weighted by Crippen LogP contribution is 2.28. The van der Waals surface area contributed by atoms with Crippen LogP contribution in [0.1, 0.15) is 54.5 Å². The standard InChI is InChI=1S/C29H32F2N4O4/c1-17(2)22-11-10-20(12-23(22)31)26(19-8-6-5-7-9-19)32-27(37)24-13-21(30)15-35(24)25(36)16-34-14-18(3)28(38)33(4)29(34)39/h5-12,14,17,21,24,26H,13,15-16H2,1-4H3,(H,32,37). The molecule has 0 spiro atoms. The van der Waals surface area contributed by atoms with Gasteiger partial charge in [0.15, 0.2) is 0 Å². The predicted molar refractivity (Wildman–Crippen MR) is 143 cm³/mol. The van der Waals surface area contributed by atoms with Crippen molar-refractivity contribution < 1.29 is 18.4 Å². The molecule has 39 heavy (non-hydrogen) atoms. The number of rotatable bonds is 7. The van der Waals surface area contributed by atoms with Gasteiger partial charge in [-0.15, -0.1) is 0 Å².